The summed E-state index contributed by atoms with van der Waals surface area (Å²) in [6.45, 7) is 8.22. The third-order valence-electron chi connectivity index (χ3n) is 3.66. The summed E-state index contributed by atoms with van der Waals surface area (Å²) in [4.78, 5) is 0.364. The van der Waals surface area contributed by atoms with Gasteiger partial charge in [-0.1, -0.05) is 23.8 Å². The normalized spacial score (nSPS) is 25.2. The van der Waals surface area contributed by atoms with E-state index in [1.807, 2.05) is 26.0 Å². The van der Waals surface area contributed by atoms with E-state index >= 15 is 0 Å². The predicted octanol–water partition coefficient (Wildman–Crippen LogP) is 2.72. The van der Waals surface area contributed by atoms with Gasteiger partial charge in [0.25, 0.3) is 0 Å². The second-order valence-corrected chi connectivity index (χ2v) is 6.92. The van der Waals surface area contributed by atoms with Crippen LogP contribution in [-0.2, 0) is 10.0 Å². The van der Waals surface area contributed by atoms with Crippen LogP contribution in [0.3, 0.4) is 0 Å². The van der Waals surface area contributed by atoms with Crippen molar-refractivity contribution >= 4 is 10.0 Å². The van der Waals surface area contributed by atoms with Crippen molar-refractivity contribution in [3.8, 4) is 0 Å². The maximum atomic E-state index is 12.6. The molecule has 1 saturated heterocycles. The van der Waals surface area contributed by atoms with Gasteiger partial charge in [0, 0.05) is 6.54 Å². The summed E-state index contributed by atoms with van der Waals surface area (Å²) < 4.78 is 26.8. The summed E-state index contributed by atoms with van der Waals surface area (Å²) in [7, 11) is -3.41. The Morgan fingerprint density at radius 2 is 1.94 bits per heavy atom. The van der Waals surface area contributed by atoms with Gasteiger partial charge < -0.3 is 0 Å². The summed E-state index contributed by atoms with van der Waals surface area (Å²) in [5.74, 6) is 0. The molecule has 0 N–H and O–H groups in total. The van der Waals surface area contributed by atoms with Crippen LogP contribution in [0.5, 0.6) is 0 Å². The Labute approximate surface area is 109 Å². The Bertz CT molecular complexity index is 548. The molecule has 1 unspecified atom stereocenters. The van der Waals surface area contributed by atoms with Crippen molar-refractivity contribution in [2.45, 2.75) is 37.1 Å². The van der Waals surface area contributed by atoms with Gasteiger partial charge >= 0.3 is 0 Å². The lowest BCUT2D eigenvalue weighted by atomic mass is 10.0. The molecule has 4 heteroatoms. The zero-order valence-corrected chi connectivity index (χ0v) is 11.7. The van der Waals surface area contributed by atoms with Crippen LogP contribution in [0.25, 0.3) is 0 Å². The largest absolute Gasteiger partial charge is 0.243 e. The van der Waals surface area contributed by atoms with Gasteiger partial charge in [-0.05, 0) is 38.8 Å². The monoisotopic (exact) mass is 265 g/mol. The molecule has 0 amide bonds. The Morgan fingerprint density at radius 1 is 1.33 bits per heavy atom. The van der Waals surface area contributed by atoms with E-state index in [-0.39, 0.29) is 0 Å². The molecule has 2 rings (SSSR count). The van der Waals surface area contributed by atoms with Crippen molar-refractivity contribution in [1.29, 1.82) is 0 Å². The van der Waals surface area contributed by atoms with Crippen molar-refractivity contribution in [3.63, 3.8) is 0 Å². The topological polar surface area (TPSA) is 37.4 Å². The average molecular weight is 265 g/mol. The Morgan fingerprint density at radius 3 is 2.50 bits per heavy atom. The minimum absolute atomic E-state index is 0.364. The highest BCUT2D eigenvalue weighted by atomic mass is 32.2. The minimum atomic E-state index is -3.41. The van der Waals surface area contributed by atoms with Crippen LogP contribution < -0.4 is 0 Å². The van der Waals surface area contributed by atoms with E-state index in [1.165, 1.54) is 0 Å². The molecule has 0 aromatic heterocycles. The fourth-order valence-corrected chi connectivity index (χ4v) is 4.22. The molecule has 1 atom stereocenters. The van der Waals surface area contributed by atoms with Gasteiger partial charge in [-0.25, -0.2) is 8.42 Å². The van der Waals surface area contributed by atoms with Gasteiger partial charge in [0.15, 0.2) is 0 Å². The van der Waals surface area contributed by atoms with Crippen LogP contribution in [-0.4, -0.2) is 24.8 Å². The van der Waals surface area contributed by atoms with Crippen molar-refractivity contribution < 1.29 is 8.42 Å². The lowest BCUT2D eigenvalue weighted by Crippen LogP contribution is -2.43. The smallest absolute Gasteiger partial charge is 0.207 e. The molecule has 18 heavy (non-hydrogen) atoms. The molecule has 1 fully saturated rings. The lowest BCUT2D eigenvalue weighted by Gasteiger charge is -2.31. The van der Waals surface area contributed by atoms with E-state index in [2.05, 4.69) is 6.58 Å². The maximum absolute atomic E-state index is 12.6. The van der Waals surface area contributed by atoms with Gasteiger partial charge in [-0.2, -0.15) is 4.31 Å². The van der Waals surface area contributed by atoms with Crippen LogP contribution >= 0.6 is 0 Å². The average Bonchev–Trinajstić information content (AvgIpc) is 2.73. The predicted molar refractivity (Wildman–Crippen MR) is 72.9 cm³/mol. The van der Waals surface area contributed by atoms with Gasteiger partial charge in [0.05, 0.1) is 10.4 Å². The first-order chi connectivity index (χ1) is 8.40. The number of sulfonamides is 1. The molecule has 1 heterocycles. The zero-order valence-electron chi connectivity index (χ0n) is 10.9. The van der Waals surface area contributed by atoms with E-state index < -0.39 is 15.6 Å². The van der Waals surface area contributed by atoms with Crippen LogP contribution in [0.2, 0.25) is 0 Å². The number of benzene rings is 1. The first kappa shape index (κ1) is 13.3. The second-order valence-electron chi connectivity index (χ2n) is 5.06. The third-order valence-corrected chi connectivity index (χ3v) is 5.71. The molecular formula is C14H19NO2S. The van der Waals surface area contributed by atoms with Gasteiger partial charge in [-0.3, -0.25) is 0 Å². The zero-order chi connectivity index (χ0) is 13.4. The highest BCUT2D eigenvalue weighted by Gasteiger charge is 2.42. The van der Waals surface area contributed by atoms with E-state index in [0.29, 0.717) is 11.4 Å². The second kappa shape index (κ2) is 4.52. The summed E-state index contributed by atoms with van der Waals surface area (Å²) in [6.07, 6.45) is 3.46. The molecule has 1 aromatic carbocycles. The maximum Gasteiger partial charge on any atom is 0.243 e. The fraction of sp³-hybridized carbons (Fsp3) is 0.429. The van der Waals surface area contributed by atoms with Crippen LogP contribution in [0, 0.1) is 6.92 Å². The van der Waals surface area contributed by atoms with Crippen molar-refractivity contribution in [1.82, 2.24) is 4.31 Å². The van der Waals surface area contributed by atoms with E-state index in [9.17, 15) is 8.42 Å². The fourth-order valence-electron chi connectivity index (χ4n) is 2.40. The summed E-state index contributed by atoms with van der Waals surface area (Å²) in [6, 6.07) is 7.00. The SMILES string of the molecule is C=CC1(C)CCCN1S(=O)(=O)c1ccc(C)cc1. The Kier molecular flexibility index (Phi) is 3.34. The van der Waals surface area contributed by atoms with Gasteiger partial charge in [0.2, 0.25) is 10.0 Å². The molecule has 0 radical (unpaired) electrons. The Balaban J connectivity index is 2.43. The molecular weight excluding hydrogens is 246 g/mol. The van der Waals surface area contributed by atoms with Crippen LogP contribution in [0.4, 0.5) is 0 Å². The standard InChI is InChI=1S/C14H19NO2S/c1-4-14(3)10-5-11-15(14)18(16,17)13-8-6-12(2)7-9-13/h4,6-9H,1,5,10-11H2,2-3H3. The lowest BCUT2D eigenvalue weighted by molar-refractivity contribution is 0.329. The summed E-state index contributed by atoms with van der Waals surface area (Å²) >= 11 is 0. The number of hydrogen-bond donors (Lipinski definition) is 0. The molecule has 0 spiro atoms. The van der Waals surface area contributed by atoms with Crippen molar-refractivity contribution in [2.75, 3.05) is 6.54 Å². The summed E-state index contributed by atoms with van der Waals surface area (Å²) in [5.41, 5.74) is 0.603. The highest BCUT2D eigenvalue weighted by molar-refractivity contribution is 7.89. The quantitative estimate of drug-likeness (QED) is 0.788. The highest BCUT2D eigenvalue weighted by Crippen LogP contribution is 2.35. The number of rotatable bonds is 3. The first-order valence-electron chi connectivity index (χ1n) is 6.13. The third kappa shape index (κ3) is 2.10. The molecule has 1 aromatic rings. The van der Waals surface area contributed by atoms with Crippen molar-refractivity contribution in [2.24, 2.45) is 0 Å². The number of hydrogen-bond acceptors (Lipinski definition) is 2. The molecule has 0 aliphatic carbocycles. The number of nitrogens with zero attached hydrogens (tertiary/aromatic N) is 1. The molecule has 0 saturated carbocycles. The molecule has 3 nitrogen and oxygen atoms in total. The van der Waals surface area contributed by atoms with E-state index in [1.54, 1.807) is 22.5 Å². The number of aryl methyl sites for hydroxylation is 1. The molecule has 0 bridgehead atoms. The molecule has 1 aliphatic heterocycles. The van der Waals surface area contributed by atoms with Gasteiger partial charge in [-0.15, -0.1) is 6.58 Å². The summed E-state index contributed by atoms with van der Waals surface area (Å²) in [5, 5.41) is 0. The first-order valence-corrected chi connectivity index (χ1v) is 7.57. The van der Waals surface area contributed by atoms with Crippen LogP contribution in [0.15, 0.2) is 41.8 Å². The molecule has 1 aliphatic rings. The van der Waals surface area contributed by atoms with Gasteiger partial charge in [0.1, 0.15) is 0 Å². The van der Waals surface area contributed by atoms with E-state index in [4.69, 9.17) is 0 Å². The molecule has 98 valence electrons. The Hall–Kier alpha value is -1.13. The van der Waals surface area contributed by atoms with E-state index in [0.717, 1.165) is 18.4 Å². The van der Waals surface area contributed by atoms with Crippen molar-refractivity contribution in [3.05, 3.63) is 42.5 Å². The minimum Gasteiger partial charge on any atom is -0.207 e. The van der Waals surface area contributed by atoms with Crippen LogP contribution in [0.1, 0.15) is 25.3 Å².